The molecule has 7 nitrogen and oxygen atoms in total. The topological polar surface area (TPSA) is 67.4 Å². The van der Waals surface area contributed by atoms with Crippen LogP contribution in [0.1, 0.15) is 24.8 Å². The van der Waals surface area contributed by atoms with E-state index in [1.807, 2.05) is 0 Å². The number of hydrogen-bond acceptors (Lipinski definition) is 5. The Morgan fingerprint density at radius 2 is 1.93 bits per heavy atom. The lowest BCUT2D eigenvalue weighted by molar-refractivity contribution is -0.0505. The Bertz CT molecular complexity index is 652. The molecule has 0 aromatic heterocycles. The fourth-order valence-electron chi connectivity index (χ4n) is 3.22. The number of guanidine groups is 1. The molecule has 0 bridgehead atoms. The number of alkyl halides is 2. The molecule has 27 heavy (non-hydrogen) atoms. The van der Waals surface area contributed by atoms with Gasteiger partial charge in [0, 0.05) is 38.3 Å². The second kappa shape index (κ2) is 9.59. The third-order valence-corrected chi connectivity index (χ3v) is 4.61. The molecule has 9 heteroatoms. The molecule has 0 saturated carbocycles. The lowest BCUT2D eigenvalue weighted by atomic mass is 10.1. The number of likely N-dealkylation sites (tertiary alicyclic amines) is 1. The van der Waals surface area contributed by atoms with Gasteiger partial charge in [0.05, 0.1) is 0 Å². The van der Waals surface area contributed by atoms with Crippen molar-refractivity contribution in [3.63, 3.8) is 0 Å². The standard InChI is InChI=1S/C18H26F2N4O3/c1-21-18(22-5-8-24-6-3-2-4-7-24)23-11-13-9-15-16(26-12-25-15)10-14(13)27-17(19)20/h9-10,17H,2-8,11-12H2,1H3,(H2,21,22,23). The quantitative estimate of drug-likeness (QED) is 0.555. The maximum absolute atomic E-state index is 12.7. The molecule has 150 valence electrons. The first-order valence-corrected chi connectivity index (χ1v) is 9.20. The predicted molar refractivity (Wildman–Crippen MR) is 97.7 cm³/mol. The highest BCUT2D eigenvalue weighted by molar-refractivity contribution is 5.79. The van der Waals surface area contributed by atoms with Gasteiger partial charge in [0.15, 0.2) is 17.5 Å². The average Bonchev–Trinajstić information content (AvgIpc) is 3.12. The van der Waals surface area contributed by atoms with Crippen molar-refractivity contribution in [2.24, 2.45) is 4.99 Å². The average molecular weight is 384 g/mol. The van der Waals surface area contributed by atoms with Crippen LogP contribution in [0.2, 0.25) is 0 Å². The van der Waals surface area contributed by atoms with Gasteiger partial charge in [-0.25, -0.2) is 0 Å². The van der Waals surface area contributed by atoms with Gasteiger partial charge in [-0.3, -0.25) is 4.99 Å². The molecule has 2 aliphatic rings. The summed E-state index contributed by atoms with van der Waals surface area (Å²) in [4.78, 5) is 6.61. The summed E-state index contributed by atoms with van der Waals surface area (Å²) < 4.78 is 40.6. The zero-order valence-corrected chi connectivity index (χ0v) is 15.5. The first-order chi connectivity index (χ1) is 13.2. The van der Waals surface area contributed by atoms with Crippen LogP contribution in [-0.2, 0) is 6.54 Å². The molecule has 1 aromatic rings. The zero-order chi connectivity index (χ0) is 19.1. The lowest BCUT2D eigenvalue weighted by Gasteiger charge is -2.26. The first-order valence-electron chi connectivity index (χ1n) is 9.20. The zero-order valence-electron chi connectivity index (χ0n) is 15.5. The lowest BCUT2D eigenvalue weighted by Crippen LogP contribution is -2.42. The molecule has 0 unspecified atom stereocenters. The van der Waals surface area contributed by atoms with Gasteiger partial charge < -0.3 is 29.7 Å². The van der Waals surface area contributed by atoms with Crippen molar-refractivity contribution in [2.45, 2.75) is 32.4 Å². The summed E-state index contributed by atoms with van der Waals surface area (Å²) in [5.41, 5.74) is 0.540. The minimum absolute atomic E-state index is 0.0607. The van der Waals surface area contributed by atoms with Crippen molar-refractivity contribution in [1.29, 1.82) is 0 Å². The fraction of sp³-hybridized carbons (Fsp3) is 0.611. The highest BCUT2D eigenvalue weighted by Gasteiger charge is 2.20. The van der Waals surface area contributed by atoms with Crippen LogP contribution in [0, 0.1) is 0 Å². The van der Waals surface area contributed by atoms with Crippen LogP contribution >= 0.6 is 0 Å². The van der Waals surface area contributed by atoms with Crippen molar-refractivity contribution in [1.82, 2.24) is 15.5 Å². The molecular weight excluding hydrogens is 358 g/mol. The molecule has 2 N–H and O–H groups in total. The van der Waals surface area contributed by atoms with Gasteiger partial charge in [-0.1, -0.05) is 6.42 Å². The van der Waals surface area contributed by atoms with Crippen LogP contribution < -0.4 is 24.8 Å². The third-order valence-electron chi connectivity index (χ3n) is 4.61. The van der Waals surface area contributed by atoms with E-state index in [9.17, 15) is 8.78 Å². The van der Waals surface area contributed by atoms with Gasteiger partial charge in [0.25, 0.3) is 0 Å². The molecule has 0 aliphatic carbocycles. The van der Waals surface area contributed by atoms with Crippen molar-refractivity contribution in [3.05, 3.63) is 17.7 Å². The number of nitrogens with one attached hydrogen (secondary N) is 2. The van der Waals surface area contributed by atoms with Gasteiger partial charge >= 0.3 is 6.61 Å². The molecule has 0 atom stereocenters. The molecular formula is C18H26F2N4O3. The smallest absolute Gasteiger partial charge is 0.387 e. The highest BCUT2D eigenvalue weighted by Crippen LogP contribution is 2.38. The van der Waals surface area contributed by atoms with Crippen LogP contribution in [0.5, 0.6) is 17.2 Å². The number of benzene rings is 1. The van der Waals surface area contributed by atoms with Crippen LogP contribution in [0.4, 0.5) is 8.78 Å². The maximum atomic E-state index is 12.7. The van der Waals surface area contributed by atoms with Gasteiger partial charge in [-0.15, -0.1) is 0 Å². The predicted octanol–water partition coefficient (Wildman–Crippen LogP) is 2.17. The van der Waals surface area contributed by atoms with Crippen LogP contribution in [0.25, 0.3) is 0 Å². The van der Waals surface area contributed by atoms with E-state index in [0.717, 1.165) is 26.2 Å². The third kappa shape index (κ3) is 5.59. The van der Waals surface area contributed by atoms with Crippen LogP contribution in [0.15, 0.2) is 17.1 Å². The van der Waals surface area contributed by atoms with E-state index in [0.29, 0.717) is 23.0 Å². The Hall–Kier alpha value is -2.29. The minimum Gasteiger partial charge on any atom is -0.454 e. The van der Waals surface area contributed by atoms with Gasteiger partial charge in [0.2, 0.25) is 6.79 Å². The SMILES string of the molecule is CN=C(NCCN1CCCCC1)NCc1cc2c(cc1OC(F)F)OCO2. The molecule has 1 aromatic carbocycles. The van der Waals surface area contributed by atoms with Gasteiger partial charge in [0.1, 0.15) is 5.75 Å². The molecule has 1 fully saturated rings. The second-order valence-electron chi connectivity index (χ2n) is 6.45. The molecule has 2 aliphatic heterocycles. The van der Waals surface area contributed by atoms with E-state index in [2.05, 4.69) is 25.3 Å². The number of aliphatic imine (C=N–C) groups is 1. The number of ether oxygens (including phenoxy) is 3. The van der Waals surface area contributed by atoms with Crippen LogP contribution in [0.3, 0.4) is 0 Å². The van der Waals surface area contributed by atoms with E-state index >= 15 is 0 Å². The molecule has 3 rings (SSSR count). The summed E-state index contributed by atoms with van der Waals surface area (Å²) in [5, 5.41) is 6.38. The number of halogens is 2. The van der Waals surface area contributed by atoms with Gasteiger partial charge in [-0.2, -0.15) is 8.78 Å². The normalized spacial score (nSPS) is 17.3. The fourth-order valence-corrected chi connectivity index (χ4v) is 3.22. The molecule has 0 spiro atoms. The molecule has 0 radical (unpaired) electrons. The Labute approximate surface area is 157 Å². The monoisotopic (exact) mass is 384 g/mol. The number of rotatable bonds is 7. The first kappa shape index (κ1) is 19.5. The summed E-state index contributed by atoms with van der Waals surface area (Å²) in [6.45, 7) is 1.41. The Morgan fingerprint density at radius 3 is 2.63 bits per heavy atom. The number of hydrogen-bond donors (Lipinski definition) is 2. The summed E-state index contributed by atoms with van der Waals surface area (Å²) in [6, 6.07) is 3.08. The Kier molecular flexibility index (Phi) is 6.92. The molecule has 0 amide bonds. The van der Waals surface area contributed by atoms with Crippen LogP contribution in [-0.4, -0.2) is 57.5 Å². The Balaban J connectivity index is 1.54. The van der Waals surface area contributed by atoms with E-state index in [1.54, 1.807) is 13.1 Å². The summed E-state index contributed by atoms with van der Waals surface area (Å²) in [6.07, 6.45) is 3.82. The minimum atomic E-state index is -2.91. The highest BCUT2D eigenvalue weighted by atomic mass is 19.3. The summed E-state index contributed by atoms with van der Waals surface area (Å²) >= 11 is 0. The van der Waals surface area contributed by atoms with Gasteiger partial charge in [-0.05, 0) is 32.0 Å². The van der Waals surface area contributed by atoms with E-state index < -0.39 is 6.61 Å². The second-order valence-corrected chi connectivity index (χ2v) is 6.45. The van der Waals surface area contributed by atoms with Crippen molar-refractivity contribution < 1.29 is 23.0 Å². The number of nitrogens with zero attached hydrogens (tertiary/aromatic N) is 2. The number of piperidine rings is 1. The number of fused-ring (bicyclic) bond motifs is 1. The van der Waals surface area contributed by atoms with Crippen molar-refractivity contribution in [3.8, 4) is 17.2 Å². The summed E-state index contributed by atoms with van der Waals surface area (Å²) in [7, 11) is 1.67. The summed E-state index contributed by atoms with van der Waals surface area (Å²) in [5.74, 6) is 1.58. The Morgan fingerprint density at radius 1 is 1.19 bits per heavy atom. The van der Waals surface area contributed by atoms with E-state index in [1.165, 1.54) is 25.3 Å². The largest absolute Gasteiger partial charge is 0.454 e. The van der Waals surface area contributed by atoms with Crippen molar-refractivity contribution in [2.75, 3.05) is 40.0 Å². The van der Waals surface area contributed by atoms with Crippen molar-refractivity contribution >= 4 is 5.96 Å². The molecule has 2 heterocycles. The van der Waals surface area contributed by atoms with E-state index in [-0.39, 0.29) is 19.1 Å². The maximum Gasteiger partial charge on any atom is 0.387 e. The van der Waals surface area contributed by atoms with E-state index in [4.69, 9.17) is 9.47 Å². The molecule has 1 saturated heterocycles.